The normalized spacial score (nSPS) is 10.9. The minimum Gasteiger partial charge on any atom is -0.345 e. The smallest absolute Gasteiger partial charge is 0.0475 e. The van der Waals surface area contributed by atoms with Crippen molar-refractivity contribution in [1.82, 2.24) is 4.57 Å². The molecule has 1 aromatic carbocycles. The van der Waals surface area contributed by atoms with E-state index < -0.39 is 0 Å². The molecular weight excluding hydrogens is 230 g/mol. The molecule has 102 valence electrons. The van der Waals surface area contributed by atoms with Gasteiger partial charge in [0.25, 0.3) is 0 Å². The van der Waals surface area contributed by atoms with Crippen molar-refractivity contribution in [3.8, 4) is 0 Å². The van der Waals surface area contributed by atoms with E-state index in [1.165, 1.54) is 48.2 Å². The fourth-order valence-electron chi connectivity index (χ4n) is 2.70. The van der Waals surface area contributed by atoms with E-state index in [9.17, 15) is 0 Å². The third kappa shape index (κ3) is 3.50. The number of hydrogen-bond acceptors (Lipinski definition) is 0. The topological polar surface area (TPSA) is 4.93 Å². The number of aromatic nitrogens is 1. The number of unbranched alkanes of at least 4 members (excludes halogenated alkanes) is 2. The second-order valence-corrected chi connectivity index (χ2v) is 5.43. The summed E-state index contributed by atoms with van der Waals surface area (Å²) in [7, 11) is 0. The molecule has 0 unspecified atom stereocenters. The van der Waals surface area contributed by atoms with Gasteiger partial charge in [-0.25, -0.2) is 0 Å². The van der Waals surface area contributed by atoms with Crippen LogP contribution in [0.2, 0.25) is 0 Å². The maximum atomic E-state index is 2.44. The minimum atomic E-state index is 0.992. The van der Waals surface area contributed by atoms with E-state index in [-0.39, 0.29) is 0 Å². The lowest BCUT2D eigenvalue weighted by atomic mass is 10.1. The maximum absolute atomic E-state index is 2.44. The Balaban J connectivity index is 2.13. The van der Waals surface area contributed by atoms with Crippen molar-refractivity contribution in [2.45, 2.75) is 53.0 Å². The number of nitrogens with zero attached hydrogens (tertiary/aromatic N) is 1. The Morgan fingerprint density at radius 3 is 2.42 bits per heavy atom. The first-order valence-corrected chi connectivity index (χ1v) is 7.42. The van der Waals surface area contributed by atoms with Crippen molar-refractivity contribution in [2.75, 3.05) is 0 Å². The Morgan fingerprint density at radius 2 is 1.74 bits per heavy atom. The largest absolute Gasteiger partial charge is 0.345 e. The van der Waals surface area contributed by atoms with Crippen molar-refractivity contribution in [2.24, 2.45) is 0 Å². The Bertz CT molecular complexity index is 508. The third-order valence-corrected chi connectivity index (χ3v) is 3.91. The summed E-state index contributed by atoms with van der Waals surface area (Å²) in [6.45, 7) is 7.74. The van der Waals surface area contributed by atoms with Gasteiger partial charge in [-0.2, -0.15) is 0 Å². The molecule has 0 bridgehead atoms. The van der Waals surface area contributed by atoms with Gasteiger partial charge in [0.15, 0.2) is 0 Å². The van der Waals surface area contributed by atoms with Crippen LogP contribution < -0.4 is 0 Å². The van der Waals surface area contributed by atoms with Gasteiger partial charge >= 0.3 is 0 Å². The van der Waals surface area contributed by atoms with Crippen molar-refractivity contribution in [1.29, 1.82) is 0 Å². The number of aryl methyl sites for hydroxylation is 2. The minimum absolute atomic E-state index is 0.992. The highest BCUT2D eigenvalue weighted by Crippen LogP contribution is 2.19. The first-order chi connectivity index (χ1) is 9.22. The van der Waals surface area contributed by atoms with E-state index >= 15 is 0 Å². The van der Waals surface area contributed by atoms with Gasteiger partial charge in [0.2, 0.25) is 0 Å². The SMILES string of the molecule is CCCCCc1cc(C)n(Cc2ccccc2)c1C. The fourth-order valence-corrected chi connectivity index (χ4v) is 2.70. The summed E-state index contributed by atoms with van der Waals surface area (Å²) in [4.78, 5) is 0. The lowest BCUT2D eigenvalue weighted by molar-refractivity contribution is 0.704. The van der Waals surface area contributed by atoms with Crippen LogP contribution in [0.5, 0.6) is 0 Å². The molecule has 1 heterocycles. The van der Waals surface area contributed by atoms with Crippen molar-refractivity contribution >= 4 is 0 Å². The zero-order valence-corrected chi connectivity index (χ0v) is 12.4. The van der Waals surface area contributed by atoms with Crippen LogP contribution in [0.4, 0.5) is 0 Å². The van der Waals surface area contributed by atoms with E-state index in [4.69, 9.17) is 0 Å². The lowest BCUT2D eigenvalue weighted by Gasteiger charge is -2.10. The van der Waals surface area contributed by atoms with E-state index in [0.29, 0.717) is 0 Å². The zero-order valence-electron chi connectivity index (χ0n) is 12.4. The number of rotatable bonds is 6. The molecule has 0 aliphatic carbocycles. The molecule has 0 aliphatic rings. The first-order valence-electron chi connectivity index (χ1n) is 7.42. The van der Waals surface area contributed by atoms with Crippen LogP contribution in [0.1, 0.15) is 48.7 Å². The quantitative estimate of drug-likeness (QED) is 0.648. The van der Waals surface area contributed by atoms with Gasteiger partial charge in [-0.1, -0.05) is 50.1 Å². The molecule has 0 radical (unpaired) electrons. The van der Waals surface area contributed by atoms with Gasteiger partial charge in [0, 0.05) is 17.9 Å². The highest BCUT2D eigenvalue weighted by Gasteiger charge is 2.08. The van der Waals surface area contributed by atoms with Gasteiger partial charge in [0.05, 0.1) is 0 Å². The summed E-state index contributed by atoms with van der Waals surface area (Å²) in [5.41, 5.74) is 5.73. The molecule has 1 aromatic heterocycles. The summed E-state index contributed by atoms with van der Waals surface area (Å²) in [5.74, 6) is 0. The van der Waals surface area contributed by atoms with Crippen LogP contribution in [-0.4, -0.2) is 4.57 Å². The third-order valence-electron chi connectivity index (χ3n) is 3.91. The van der Waals surface area contributed by atoms with Gasteiger partial charge < -0.3 is 4.57 Å². The van der Waals surface area contributed by atoms with E-state index in [1.54, 1.807) is 0 Å². The average molecular weight is 255 g/mol. The van der Waals surface area contributed by atoms with Crippen LogP contribution in [0, 0.1) is 13.8 Å². The predicted molar refractivity (Wildman–Crippen MR) is 82.7 cm³/mol. The molecule has 1 nitrogen and oxygen atoms in total. The van der Waals surface area contributed by atoms with Crippen molar-refractivity contribution < 1.29 is 0 Å². The molecule has 0 aliphatic heterocycles. The Labute approximate surface area is 117 Å². The zero-order chi connectivity index (χ0) is 13.7. The maximum Gasteiger partial charge on any atom is 0.0475 e. The molecule has 1 heteroatoms. The van der Waals surface area contributed by atoms with Crippen molar-refractivity contribution in [3.63, 3.8) is 0 Å². The summed E-state index contributed by atoms with van der Waals surface area (Å²) >= 11 is 0. The molecule has 0 N–H and O–H groups in total. The molecule has 0 fully saturated rings. The summed E-state index contributed by atoms with van der Waals surface area (Å²) in [6, 6.07) is 13.1. The first kappa shape index (κ1) is 13.9. The lowest BCUT2D eigenvalue weighted by Crippen LogP contribution is -2.04. The van der Waals surface area contributed by atoms with Gasteiger partial charge in [-0.15, -0.1) is 0 Å². The predicted octanol–water partition coefficient (Wildman–Crippen LogP) is 4.89. The van der Waals surface area contributed by atoms with Gasteiger partial charge in [0.1, 0.15) is 0 Å². The molecule has 2 aromatic rings. The second-order valence-electron chi connectivity index (χ2n) is 5.43. The van der Waals surface area contributed by atoms with Crippen LogP contribution in [0.25, 0.3) is 0 Å². The van der Waals surface area contributed by atoms with Crippen LogP contribution in [-0.2, 0) is 13.0 Å². The molecular formula is C18H25N. The van der Waals surface area contributed by atoms with E-state index in [1.807, 2.05) is 0 Å². The van der Waals surface area contributed by atoms with Crippen LogP contribution in [0.3, 0.4) is 0 Å². The molecule has 0 saturated heterocycles. The Morgan fingerprint density at radius 1 is 1.00 bits per heavy atom. The Kier molecular flexibility index (Phi) is 4.84. The molecule has 0 spiro atoms. The molecule has 0 atom stereocenters. The number of hydrogen-bond donors (Lipinski definition) is 0. The summed E-state index contributed by atoms with van der Waals surface area (Å²) in [6.07, 6.45) is 5.17. The second kappa shape index (κ2) is 6.60. The molecule has 0 saturated carbocycles. The molecule has 2 rings (SSSR count). The summed E-state index contributed by atoms with van der Waals surface area (Å²) in [5, 5.41) is 0. The Hall–Kier alpha value is -1.50. The van der Waals surface area contributed by atoms with Gasteiger partial charge in [-0.3, -0.25) is 0 Å². The monoisotopic (exact) mass is 255 g/mol. The number of benzene rings is 1. The van der Waals surface area contributed by atoms with Crippen molar-refractivity contribution in [3.05, 3.63) is 58.9 Å². The molecule has 19 heavy (non-hydrogen) atoms. The van der Waals surface area contributed by atoms with Gasteiger partial charge in [-0.05, 0) is 43.9 Å². The van der Waals surface area contributed by atoms with E-state index in [0.717, 1.165) is 6.54 Å². The molecule has 0 amide bonds. The standard InChI is InChI=1S/C18H25N/c1-4-5-7-12-18-13-15(2)19(16(18)3)14-17-10-8-6-9-11-17/h6,8-11,13H,4-5,7,12,14H2,1-3H3. The highest BCUT2D eigenvalue weighted by atomic mass is 15.0. The van der Waals surface area contributed by atoms with E-state index in [2.05, 4.69) is 61.7 Å². The van der Waals surface area contributed by atoms with Crippen LogP contribution in [0.15, 0.2) is 36.4 Å². The average Bonchev–Trinajstić information content (AvgIpc) is 2.68. The summed E-state index contributed by atoms with van der Waals surface area (Å²) < 4.78 is 2.44. The highest BCUT2D eigenvalue weighted by molar-refractivity contribution is 5.28. The van der Waals surface area contributed by atoms with Crippen LogP contribution >= 0.6 is 0 Å². The fraction of sp³-hybridized carbons (Fsp3) is 0.444.